The van der Waals surface area contributed by atoms with Gasteiger partial charge in [-0.2, -0.15) is 15.8 Å². The molecular weight excluding hydrogens is 524 g/mol. The number of hydrogen-bond donors (Lipinski definition) is 2. The molecule has 0 saturated carbocycles. The van der Waals surface area contributed by atoms with E-state index < -0.39 is 5.91 Å². The number of anilines is 1. The minimum atomic E-state index is -0.583. The van der Waals surface area contributed by atoms with E-state index in [0.717, 1.165) is 17.8 Å². The van der Waals surface area contributed by atoms with Crippen molar-refractivity contribution in [1.82, 2.24) is 10.3 Å². The van der Waals surface area contributed by atoms with Crippen LogP contribution < -0.4 is 10.2 Å². The van der Waals surface area contributed by atoms with E-state index in [1.54, 1.807) is 18.2 Å². The highest BCUT2D eigenvalue weighted by molar-refractivity contribution is 7.16. The molecule has 11 heteroatoms. The van der Waals surface area contributed by atoms with Gasteiger partial charge in [0.05, 0.1) is 39.7 Å². The molecule has 0 fully saturated rings. The normalized spacial score (nSPS) is 12.9. The largest absolute Gasteiger partial charge is 0.395 e. The van der Waals surface area contributed by atoms with Crippen LogP contribution in [0.3, 0.4) is 0 Å². The number of likely N-dealkylation sites (N-methyl/N-ethyl adjacent to an activating group) is 1. The van der Waals surface area contributed by atoms with Crippen molar-refractivity contribution in [3.8, 4) is 29.5 Å². The number of hydrogen-bond acceptors (Lipinski definition) is 10. The minimum Gasteiger partial charge on any atom is -0.395 e. The van der Waals surface area contributed by atoms with E-state index in [9.17, 15) is 25.7 Å². The Morgan fingerprint density at radius 1 is 1.07 bits per heavy atom. The number of benzene rings is 2. The number of carbonyl (C=O) groups excluding carboxylic acids is 1. The summed E-state index contributed by atoms with van der Waals surface area (Å²) in [4.78, 5) is 19.9. The Hall–Kier alpha value is -5.41. The first-order valence-electron chi connectivity index (χ1n) is 12.1. The van der Waals surface area contributed by atoms with E-state index in [-0.39, 0.29) is 29.0 Å². The number of aromatic nitrogens is 1. The average Bonchev–Trinajstić information content (AvgIpc) is 3.55. The third-order valence-corrected chi connectivity index (χ3v) is 6.80. The monoisotopic (exact) mass is 546 g/mol. The maximum absolute atomic E-state index is 12.6. The highest BCUT2D eigenvalue weighted by Gasteiger charge is 2.28. The summed E-state index contributed by atoms with van der Waals surface area (Å²) in [5, 5.41) is 48.7. The Labute approximate surface area is 234 Å². The smallest absolute Gasteiger partial charge is 0.257 e. The number of allylic oxidation sites excluding steroid dienone is 2. The summed E-state index contributed by atoms with van der Waals surface area (Å²) in [6.45, 7) is 3.39. The molecule has 0 saturated heterocycles. The van der Waals surface area contributed by atoms with Crippen LogP contribution in [0.1, 0.15) is 11.8 Å². The molecule has 196 valence electrons. The number of nitrogens with one attached hydrogen (secondary N) is 1. The molecule has 1 amide bonds. The third kappa shape index (κ3) is 6.01. The summed E-state index contributed by atoms with van der Waals surface area (Å²) in [6.07, 6.45) is 3.13. The van der Waals surface area contributed by atoms with E-state index in [1.807, 2.05) is 72.5 Å². The maximum atomic E-state index is 12.6. The molecule has 0 unspecified atom stereocenters. The molecule has 2 N–H and O–H groups in total. The van der Waals surface area contributed by atoms with Gasteiger partial charge in [-0.3, -0.25) is 4.79 Å². The number of carbonyl (C=O) groups is 1. The van der Waals surface area contributed by atoms with Crippen LogP contribution in [0.15, 0.2) is 93.3 Å². The van der Waals surface area contributed by atoms with Crippen molar-refractivity contribution < 1.29 is 9.90 Å². The van der Waals surface area contributed by atoms with Gasteiger partial charge in [0.15, 0.2) is 5.57 Å². The van der Waals surface area contributed by atoms with Crippen molar-refractivity contribution >= 4 is 39.8 Å². The van der Waals surface area contributed by atoms with Gasteiger partial charge >= 0.3 is 0 Å². The molecule has 0 radical (unpaired) electrons. The SMILES string of the molecule is CCN(CCO)c1ccc(N=Nc2nc(-c3ccccc3)c(/C=C/C3=C(C#N)C(=C(C#N)C#N)NC3=O)s2)cc1. The topological polar surface area (TPSA) is 162 Å². The molecule has 2 heterocycles. The number of amides is 1. The Morgan fingerprint density at radius 3 is 2.42 bits per heavy atom. The first-order chi connectivity index (χ1) is 19.5. The molecular formula is C29H22N8O2S. The van der Waals surface area contributed by atoms with Crippen molar-refractivity contribution in [2.24, 2.45) is 10.2 Å². The predicted molar refractivity (Wildman–Crippen MR) is 151 cm³/mol. The average molecular weight is 547 g/mol. The molecule has 1 aliphatic rings. The second kappa shape index (κ2) is 12.9. The zero-order valence-corrected chi connectivity index (χ0v) is 22.2. The fraction of sp³-hybridized carbons (Fsp3) is 0.138. The number of nitriles is 3. The van der Waals surface area contributed by atoms with Crippen LogP contribution in [0, 0.1) is 34.0 Å². The molecule has 2 aromatic carbocycles. The van der Waals surface area contributed by atoms with Crippen LogP contribution in [-0.2, 0) is 4.79 Å². The highest BCUT2D eigenvalue weighted by atomic mass is 32.1. The van der Waals surface area contributed by atoms with Gasteiger partial charge in [-0.05, 0) is 43.3 Å². The Balaban J connectivity index is 1.68. The van der Waals surface area contributed by atoms with Gasteiger partial charge in [0.1, 0.15) is 18.2 Å². The molecule has 3 aromatic rings. The summed E-state index contributed by atoms with van der Waals surface area (Å²) in [6, 6.07) is 22.3. The van der Waals surface area contributed by atoms with Crippen LogP contribution in [0.5, 0.6) is 0 Å². The summed E-state index contributed by atoms with van der Waals surface area (Å²) in [5.41, 5.74) is 2.58. The predicted octanol–water partition coefficient (Wildman–Crippen LogP) is 5.31. The van der Waals surface area contributed by atoms with E-state index in [4.69, 9.17) is 0 Å². The van der Waals surface area contributed by atoms with Gasteiger partial charge in [0, 0.05) is 24.3 Å². The number of azo groups is 1. The zero-order valence-electron chi connectivity index (χ0n) is 21.4. The van der Waals surface area contributed by atoms with Gasteiger partial charge in [-0.25, -0.2) is 4.98 Å². The Bertz CT molecular complexity index is 1650. The van der Waals surface area contributed by atoms with Crippen LogP contribution in [0.4, 0.5) is 16.5 Å². The number of nitrogens with zero attached hydrogens (tertiary/aromatic N) is 7. The fourth-order valence-electron chi connectivity index (χ4n) is 3.95. The Morgan fingerprint density at radius 2 is 1.80 bits per heavy atom. The third-order valence-electron chi connectivity index (χ3n) is 5.90. The van der Waals surface area contributed by atoms with E-state index >= 15 is 0 Å². The number of rotatable bonds is 9. The second-order valence-electron chi connectivity index (χ2n) is 8.26. The van der Waals surface area contributed by atoms with Crippen molar-refractivity contribution in [1.29, 1.82) is 15.8 Å². The van der Waals surface area contributed by atoms with Crippen LogP contribution >= 0.6 is 11.3 Å². The van der Waals surface area contributed by atoms with Crippen LogP contribution in [0.25, 0.3) is 17.3 Å². The van der Waals surface area contributed by atoms with E-state index in [2.05, 4.69) is 20.5 Å². The standard InChI is InChI=1S/C29H22N8O2S/c1-2-37(14-15-38)22-10-8-21(9-11-22)35-36-29-34-27(19-6-4-3-5-7-19)25(40-29)13-12-23-24(18-32)26(33-28(23)39)20(16-30)17-31/h3-13,38H,2,14-15H2,1H3,(H,33,39)/b13-12+,36-35?. The summed E-state index contributed by atoms with van der Waals surface area (Å²) in [7, 11) is 0. The van der Waals surface area contributed by atoms with Gasteiger partial charge in [0.2, 0.25) is 5.13 Å². The number of aliphatic hydroxyl groups is 1. The highest BCUT2D eigenvalue weighted by Crippen LogP contribution is 2.35. The van der Waals surface area contributed by atoms with Crippen molar-refractivity contribution in [3.05, 3.63) is 88.0 Å². The lowest BCUT2D eigenvalue weighted by Crippen LogP contribution is -2.25. The minimum absolute atomic E-state index is 0.0403. The Kier molecular flexibility index (Phi) is 8.91. The van der Waals surface area contributed by atoms with E-state index in [1.165, 1.54) is 17.4 Å². The van der Waals surface area contributed by atoms with Crippen LogP contribution in [-0.4, -0.2) is 35.7 Å². The zero-order chi connectivity index (χ0) is 28.5. The molecule has 0 atom stereocenters. The van der Waals surface area contributed by atoms with Crippen molar-refractivity contribution in [3.63, 3.8) is 0 Å². The molecule has 1 aromatic heterocycles. The number of aliphatic hydroxyl groups excluding tert-OH is 1. The van der Waals surface area contributed by atoms with Crippen molar-refractivity contribution in [2.75, 3.05) is 24.6 Å². The first kappa shape index (κ1) is 27.6. The van der Waals surface area contributed by atoms with Gasteiger partial charge < -0.3 is 15.3 Å². The van der Waals surface area contributed by atoms with Crippen LogP contribution in [0.2, 0.25) is 0 Å². The van der Waals surface area contributed by atoms with Gasteiger partial charge in [0.25, 0.3) is 5.91 Å². The fourth-order valence-corrected chi connectivity index (χ4v) is 4.76. The first-order valence-corrected chi connectivity index (χ1v) is 13.0. The number of thiazole rings is 1. The lowest BCUT2D eigenvalue weighted by molar-refractivity contribution is -0.115. The molecule has 0 bridgehead atoms. The molecule has 0 aliphatic carbocycles. The van der Waals surface area contributed by atoms with E-state index in [0.29, 0.717) is 27.9 Å². The molecule has 0 spiro atoms. The summed E-state index contributed by atoms with van der Waals surface area (Å²) >= 11 is 1.25. The second-order valence-corrected chi connectivity index (χ2v) is 9.27. The lowest BCUT2D eigenvalue weighted by atomic mass is 10.1. The quantitative estimate of drug-likeness (QED) is 0.271. The molecule has 40 heavy (non-hydrogen) atoms. The summed E-state index contributed by atoms with van der Waals surface area (Å²) in [5.74, 6) is -0.583. The summed E-state index contributed by atoms with van der Waals surface area (Å²) < 4.78 is 0. The molecule has 1 aliphatic heterocycles. The maximum Gasteiger partial charge on any atom is 0.257 e. The molecule has 4 rings (SSSR count). The van der Waals surface area contributed by atoms with Crippen molar-refractivity contribution in [2.45, 2.75) is 6.92 Å². The lowest BCUT2D eigenvalue weighted by Gasteiger charge is -2.21. The molecule has 10 nitrogen and oxygen atoms in total. The van der Waals surface area contributed by atoms with Gasteiger partial charge in [-0.15, -0.1) is 10.2 Å². The van der Waals surface area contributed by atoms with Gasteiger partial charge in [-0.1, -0.05) is 41.7 Å².